The molecule has 0 spiro atoms. The van der Waals surface area contributed by atoms with Gasteiger partial charge in [-0.1, -0.05) is 30.3 Å². The molecular formula is C35H43N5O6S. The number of nitrogens with one attached hydrogen (secondary N) is 1. The van der Waals surface area contributed by atoms with Gasteiger partial charge in [0.2, 0.25) is 11.8 Å². The summed E-state index contributed by atoms with van der Waals surface area (Å²) >= 11 is 0. The van der Waals surface area contributed by atoms with Crippen LogP contribution in [0.25, 0.3) is 22.0 Å². The van der Waals surface area contributed by atoms with Crippen molar-refractivity contribution in [1.82, 2.24) is 19.9 Å². The standard InChI is InChI=1S/C35H43N5O6S/c1-23-14-15-27-25(22-47(42,43)21-24(2)44-6)10-7-12-28(27)31(23)45-32-29(13-8-17-36-32)30-16-18-37-33(39-30)38-26-11-9-19-40(20-26)34(41)46-35(3,4)5/h7-8,10,12-18,24,26H,9,11,19-22H2,1-6H3,(H,37,38,39)/t24?,26-/m0/s1. The second-order valence-electron chi connectivity index (χ2n) is 13.0. The van der Waals surface area contributed by atoms with Crippen LogP contribution in [0.3, 0.4) is 0 Å². The van der Waals surface area contributed by atoms with E-state index in [1.54, 1.807) is 30.3 Å². The fourth-order valence-corrected chi connectivity index (χ4v) is 7.29. The number of likely N-dealkylation sites (tertiary alicyclic amines) is 1. The van der Waals surface area contributed by atoms with E-state index in [4.69, 9.17) is 19.2 Å². The van der Waals surface area contributed by atoms with E-state index in [1.807, 2.05) is 70.2 Å². The van der Waals surface area contributed by atoms with E-state index in [2.05, 4.69) is 15.3 Å². The highest BCUT2D eigenvalue weighted by Crippen LogP contribution is 2.38. The zero-order valence-corrected chi connectivity index (χ0v) is 28.6. The van der Waals surface area contributed by atoms with Crippen molar-refractivity contribution in [3.8, 4) is 22.9 Å². The summed E-state index contributed by atoms with van der Waals surface area (Å²) in [5, 5.41) is 4.97. The summed E-state index contributed by atoms with van der Waals surface area (Å²) in [5.41, 5.74) is 2.29. The molecule has 12 heteroatoms. The number of carbonyl (C=O) groups excluding carboxylic acids is 1. The normalized spacial score (nSPS) is 16.1. The van der Waals surface area contributed by atoms with Crippen molar-refractivity contribution in [3.05, 3.63) is 72.1 Å². The predicted molar refractivity (Wildman–Crippen MR) is 182 cm³/mol. The van der Waals surface area contributed by atoms with Gasteiger partial charge in [0.05, 0.1) is 28.9 Å². The Hall–Kier alpha value is -4.29. The molecule has 0 bridgehead atoms. The highest BCUT2D eigenvalue weighted by molar-refractivity contribution is 7.90. The number of pyridine rings is 1. The lowest BCUT2D eigenvalue weighted by Gasteiger charge is -2.34. The van der Waals surface area contributed by atoms with Crippen molar-refractivity contribution >= 4 is 32.7 Å². The Morgan fingerprint density at radius 3 is 2.64 bits per heavy atom. The second-order valence-corrected chi connectivity index (χ2v) is 15.1. The van der Waals surface area contributed by atoms with Crippen molar-refractivity contribution in [3.63, 3.8) is 0 Å². The van der Waals surface area contributed by atoms with Gasteiger partial charge >= 0.3 is 6.09 Å². The number of carbonyl (C=O) groups is 1. The largest absolute Gasteiger partial charge is 0.444 e. The minimum atomic E-state index is -3.42. The quantitative estimate of drug-likeness (QED) is 0.199. The summed E-state index contributed by atoms with van der Waals surface area (Å²) in [4.78, 5) is 28.2. The number of hydrogen-bond acceptors (Lipinski definition) is 10. The Balaban J connectivity index is 1.39. The number of sulfone groups is 1. The molecule has 1 saturated heterocycles. The number of nitrogens with zero attached hydrogens (tertiary/aromatic N) is 4. The van der Waals surface area contributed by atoms with E-state index in [0.29, 0.717) is 47.5 Å². The first-order valence-corrected chi connectivity index (χ1v) is 17.6. The smallest absolute Gasteiger partial charge is 0.410 e. The number of aryl methyl sites for hydroxylation is 1. The van der Waals surface area contributed by atoms with Crippen LogP contribution in [0.2, 0.25) is 0 Å². The first kappa shape index (κ1) is 34.1. The molecule has 4 aromatic rings. The van der Waals surface area contributed by atoms with Gasteiger partial charge in [-0.15, -0.1) is 0 Å². The molecule has 47 heavy (non-hydrogen) atoms. The lowest BCUT2D eigenvalue weighted by atomic mass is 10.0. The van der Waals surface area contributed by atoms with Crippen LogP contribution in [-0.2, 0) is 25.1 Å². The van der Waals surface area contributed by atoms with Crippen LogP contribution >= 0.6 is 0 Å². The van der Waals surface area contributed by atoms with Gasteiger partial charge in [-0.25, -0.2) is 28.2 Å². The molecule has 3 heterocycles. The maximum atomic E-state index is 12.9. The second kappa shape index (κ2) is 14.2. The maximum Gasteiger partial charge on any atom is 0.410 e. The summed E-state index contributed by atoms with van der Waals surface area (Å²) in [6.07, 6.45) is 4.31. The van der Waals surface area contributed by atoms with Crippen molar-refractivity contribution in [2.45, 2.75) is 71.0 Å². The molecule has 1 fully saturated rings. The first-order chi connectivity index (χ1) is 22.3. The Kier molecular flexibility index (Phi) is 10.3. The number of methoxy groups -OCH3 is 1. The number of piperidine rings is 1. The Morgan fingerprint density at radius 2 is 1.87 bits per heavy atom. The highest BCUT2D eigenvalue weighted by Gasteiger charge is 2.28. The van der Waals surface area contributed by atoms with Gasteiger partial charge in [0, 0.05) is 44.0 Å². The minimum Gasteiger partial charge on any atom is -0.444 e. The van der Waals surface area contributed by atoms with Gasteiger partial charge in [0.1, 0.15) is 11.4 Å². The minimum absolute atomic E-state index is 0.0369. The lowest BCUT2D eigenvalue weighted by Crippen LogP contribution is -2.47. The molecule has 0 aliphatic carbocycles. The Bertz CT molecular complexity index is 1840. The third-order valence-corrected chi connectivity index (χ3v) is 9.60. The fourth-order valence-electron chi connectivity index (χ4n) is 5.60. The molecule has 0 saturated carbocycles. The fraction of sp³-hybridized carbons (Fsp3) is 0.429. The van der Waals surface area contributed by atoms with Crippen LogP contribution in [0.1, 0.15) is 51.7 Å². The monoisotopic (exact) mass is 661 g/mol. The molecule has 1 aliphatic rings. The number of anilines is 1. The summed E-state index contributed by atoms with van der Waals surface area (Å²) in [6.45, 7) is 10.4. The van der Waals surface area contributed by atoms with E-state index in [-0.39, 0.29) is 23.6 Å². The van der Waals surface area contributed by atoms with Crippen LogP contribution in [0.4, 0.5) is 10.7 Å². The summed E-state index contributed by atoms with van der Waals surface area (Å²) < 4.78 is 43.2. The van der Waals surface area contributed by atoms with Gasteiger partial charge in [-0.3, -0.25) is 0 Å². The molecule has 5 rings (SSSR count). The number of benzene rings is 2. The first-order valence-electron chi connectivity index (χ1n) is 15.8. The van der Waals surface area contributed by atoms with Gasteiger partial charge < -0.3 is 24.4 Å². The summed E-state index contributed by atoms with van der Waals surface area (Å²) in [7, 11) is -1.91. The third kappa shape index (κ3) is 8.75. The molecule has 1 unspecified atom stereocenters. The molecule has 2 atom stereocenters. The molecule has 0 radical (unpaired) electrons. The molecule has 1 N–H and O–H groups in total. The molecule has 1 amide bonds. The average Bonchev–Trinajstić information content (AvgIpc) is 3.02. The number of ether oxygens (including phenoxy) is 3. The SMILES string of the molecule is COC(C)CS(=O)(=O)Cc1cccc2c(Oc3ncccc3-c3ccnc(N[C@H]4CCCN(C(=O)OC(C)(C)C)C4)n3)c(C)ccc12. The number of amides is 1. The highest BCUT2D eigenvalue weighted by atomic mass is 32.2. The number of hydrogen-bond donors (Lipinski definition) is 1. The molecule has 2 aromatic heterocycles. The number of aromatic nitrogens is 3. The van der Waals surface area contributed by atoms with E-state index in [9.17, 15) is 13.2 Å². The molecule has 11 nitrogen and oxygen atoms in total. The van der Waals surface area contributed by atoms with Crippen molar-refractivity contribution in [2.24, 2.45) is 0 Å². The van der Waals surface area contributed by atoms with Gasteiger partial charge in [-0.2, -0.15) is 0 Å². The van der Waals surface area contributed by atoms with Crippen LogP contribution in [0.15, 0.2) is 60.9 Å². The van der Waals surface area contributed by atoms with Gasteiger partial charge in [0.25, 0.3) is 0 Å². The van der Waals surface area contributed by atoms with E-state index in [1.165, 1.54) is 7.11 Å². The maximum absolute atomic E-state index is 12.9. The van der Waals surface area contributed by atoms with E-state index >= 15 is 0 Å². The Morgan fingerprint density at radius 1 is 1.06 bits per heavy atom. The zero-order valence-electron chi connectivity index (χ0n) is 27.8. The van der Waals surface area contributed by atoms with Crippen LogP contribution < -0.4 is 10.1 Å². The number of fused-ring (bicyclic) bond motifs is 1. The van der Waals surface area contributed by atoms with Crippen LogP contribution in [0, 0.1) is 6.92 Å². The third-order valence-electron chi connectivity index (χ3n) is 7.87. The topological polar surface area (TPSA) is 133 Å². The zero-order chi connectivity index (χ0) is 33.8. The Labute approximate surface area is 276 Å². The van der Waals surface area contributed by atoms with Crippen LogP contribution in [0.5, 0.6) is 11.6 Å². The van der Waals surface area contributed by atoms with Crippen LogP contribution in [-0.4, -0.2) is 78.1 Å². The molecule has 2 aromatic carbocycles. The molecular weight excluding hydrogens is 618 g/mol. The molecule has 1 aliphatic heterocycles. The van der Waals surface area contributed by atoms with Gasteiger partial charge in [0.15, 0.2) is 9.84 Å². The van der Waals surface area contributed by atoms with Crippen molar-refractivity contribution < 1.29 is 27.4 Å². The predicted octanol–water partition coefficient (Wildman–Crippen LogP) is 6.55. The van der Waals surface area contributed by atoms with Crippen molar-refractivity contribution in [2.75, 3.05) is 31.3 Å². The van der Waals surface area contributed by atoms with Crippen molar-refractivity contribution in [1.29, 1.82) is 0 Å². The number of rotatable bonds is 10. The van der Waals surface area contributed by atoms with E-state index in [0.717, 1.165) is 29.2 Å². The summed E-state index contributed by atoms with van der Waals surface area (Å²) in [5.74, 6) is 1.20. The lowest BCUT2D eigenvalue weighted by molar-refractivity contribution is 0.0206. The molecule has 250 valence electrons. The average molecular weight is 662 g/mol. The van der Waals surface area contributed by atoms with Gasteiger partial charge in [-0.05, 0) is 82.2 Å². The summed E-state index contributed by atoms with van der Waals surface area (Å²) in [6, 6.07) is 14.9. The van der Waals surface area contributed by atoms with E-state index < -0.39 is 21.5 Å².